The highest BCUT2D eigenvalue weighted by Crippen LogP contribution is 2.29. The number of carbonyl (C=O) groups is 2. The van der Waals surface area contributed by atoms with Crippen molar-refractivity contribution in [1.29, 1.82) is 0 Å². The first-order valence-corrected chi connectivity index (χ1v) is 15.4. The van der Waals surface area contributed by atoms with Gasteiger partial charge in [-0.3, -0.25) is 9.59 Å². The third-order valence-corrected chi connectivity index (χ3v) is 7.75. The predicted molar refractivity (Wildman–Crippen MR) is 159 cm³/mol. The molecule has 0 unspecified atom stereocenters. The standard InChI is InChI=1S/C28H41N5O3S2/c1-23(31-32-27(35)17-22-37-38-28-12-6-8-19-30-28)24-13-15-25(16-14-24)36-21-10-11-26(34)29-18-7-4-5-9-20-33(2)3/h6,8,12-16,19H,4-5,7,9-11,17-18,20-22H2,1-3H3,(H,29,34)(H,32,35)/b31-23+. The number of hydrogen-bond donors (Lipinski definition) is 2. The molecule has 0 saturated heterocycles. The van der Waals surface area contributed by atoms with E-state index < -0.39 is 0 Å². The number of hydrazone groups is 1. The van der Waals surface area contributed by atoms with Crippen molar-refractivity contribution < 1.29 is 14.3 Å². The van der Waals surface area contributed by atoms with E-state index >= 15 is 0 Å². The van der Waals surface area contributed by atoms with E-state index in [4.69, 9.17) is 4.74 Å². The van der Waals surface area contributed by atoms with Crippen molar-refractivity contribution in [2.45, 2.75) is 56.9 Å². The minimum atomic E-state index is -0.123. The van der Waals surface area contributed by atoms with Crippen LogP contribution in [0, 0.1) is 0 Å². The Morgan fingerprint density at radius 1 is 0.974 bits per heavy atom. The Bertz CT molecular complexity index is 972. The highest BCUT2D eigenvalue weighted by Gasteiger charge is 2.05. The lowest BCUT2D eigenvalue weighted by molar-refractivity contribution is -0.121. The minimum absolute atomic E-state index is 0.0803. The average molecular weight is 560 g/mol. The summed E-state index contributed by atoms with van der Waals surface area (Å²) in [5, 5.41) is 8.13. The van der Waals surface area contributed by atoms with E-state index in [1.54, 1.807) is 27.8 Å². The molecule has 1 aromatic carbocycles. The predicted octanol–water partition coefficient (Wildman–Crippen LogP) is 5.15. The van der Waals surface area contributed by atoms with Gasteiger partial charge in [0.2, 0.25) is 11.8 Å². The molecule has 2 N–H and O–H groups in total. The van der Waals surface area contributed by atoms with E-state index in [-0.39, 0.29) is 11.8 Å². The third-order valence-electron chi connectivity index (χ3n) is 5.49. The van der Waals surface area contributed by atoms with Gasteiger partial charge in [0, 0.05) is 31.3 Å². The van der Waals surface area contributed by atoms with E-state index in [0.717, 1.165) is 48.0 Å². The first kappa shape index (κ1) is 31.7. The summed E-state index contributed by atoms with van der Waals surface area (Å²) in [4.78, 5) is 30.5. The summed E-state index contributed by atoms with van der Waals surface area (Å²) in [5.74, 6) is 1.37. The van der Waals surface area contributed by atoms with Gasteiger partial charge in [0.15, 0.2) is 0 Å². The van der Waals surface area contributed by atoms with Gasteiger partial charge >= 0.3 is 0 Å². The number of unbranched alkanes of at least 4 members (excludes halogenated alkanes) is 3. The fourth-order valence-electron chi connectivity index (χ4n) is 3.34. The van der Waals surface area contributed by atoms with E-state index in [0.29, 0.717) is 31.6 Å². The fraction of sp³-hybridized carbons (Fsp3) is 0.500. The normalized spacial score (nSPS) is 11.4. The summed E-state index contributed by atoms with van der Waals surface area (Å²) < 4.78 is 5.76. The molecule has 10 heteroatoms. The van der Waals surface area contributed by atoms with Crippen LogP contribution in [0.5, 0.6) is 5.75 Å². The Kier molecular flexibility index (Phi) is 16.2. The molecule has 1 heterocycles. The summed E-state index contributed by atoms with van der Waals surface area (Å²) in [5.41, 5.74) is 4.24. The van der Waals surface area contributed by atoms with Crippen molar-refractivity contribution in [1.82, 2.24) is 20.6 Å². The number of ether oxygens (including phenoxy) is 1. The molecule has 1 aromatic heterocycles. The van der Waals surface area contributed by atoms with Crippen molar-refractivity contribution in [3.8, 4) is 5.75 Å². The van der Waals surface area contributed by atoms with Gasteiger partial charge < -0.3 is 15.0 Å². The number of hydrogen-bond acceptors (Lipinski definition) is 8. The maximum atomic E-state index is 12.1. The van der Waals surface area contributed by atoms with Crippen LogP contribution in [0.4, 0.5) is 0 Å². The molecule has 2 aromatic rings. The molecule has 8 nitrogen and oxygen atoms in total. The molecule has 0 saturated carbocycles. The summed E-state index contributed by atoms with van der Waals surface area (Å²) in [6.45, 7) is 4.20. The van der Waals surface area contributed by atoms with Crippen molar-refractivity contribution in [2.75, 3.05) is 39.5 Å². The molecule has 0 aliphatic carbocycles. The Labute approximate surface area is 235 Å². The number of nitrogens with zero attached hydrogens (tertiary/aromatic N) is 3. The summed E-state index contributed by atoms with van der Waals surface area (Å²) >= 11 is 0. The Morgan fingerprint density at radius 2 is 1.76 bits per heavy atom. The molecule has 0 bridgehead atoms. The number of aromatic nitrogens is 1. The molecule has 0 aliphatic rings. The number of pyridine rings is 1. The largest absolute Gasteiger partial charge is 0.494 e. The molecule has 0 atom stereocenters. The number of nitrogens with one attached hydrogen (secondary N) is 2. The molecular formula is C28H41N5O3S2. The maximum Gasteiger partial charge on any atom is 0.240 e. The van der Waals surface area contributed by atoms with Gasteiger partial charge in [0.05, 0.1) is 12.3 Å². The van der Waals surface area contributed by atoms with Crippen LogP contribution in [-0.2, 0) is 9.59 Å². The van der Waals surface area contributed by atoms with E-state index in [1.165, 1.54) is 12.8 Å². The number of amides is 2. The maximum absolute atomic E-state index is 12.1. The average Bonchev–Trinajstić information content (AvgIpc) is 2.92. The number of carbonyl (C=O) groups excluding carboxylic acids is 2. The SMILES string of the molecule is C/C(=N\NC(=O)CCSSc1ccccn1)c1ccc(OCCCC(=O)NCCCCCCN(C)C)cc1. The molecule has 2 rings (SSSR count). The topological polar surface area (TPSA) is 95.9 Å². The van der Waals surface area contributed by atoms with Gasteiger partial charge in [-0.15, -0.1) is 0 Å². The van der Waals surface area contributed by atoms with Crippen molar-refractivity contribution in [3.05, 3.63) is 54.2 Å². The van der Waals surface area contributed by atoms with Gasteiger partial charge in [-0.25, -0.2) is 10.4 Å². The van der Waals surface area contributed by atoms with Crippen LogP contribution < -0.4 is 15.5 Å². The van der Waals surface area contributed by atoms with Crippen molar-refractivity contribution >= 4 is 39.1 Å². The van der Waals surface area contributed by atoms with Crippen LogP contribution in [0.2, 0.25) is 0 Å². The van der Waals surface area contributed by atoms with Gasteiger partial charge in [-0.2, -0.15) is 5.10 Å². The highest BCUT2D eigenvalue weighted by molar-refractivity contribution is 8.76. The smallest absolute Gasteiger partial charge is 0.240 e. The second-order valence-corrected chi connectivity index (χ2v) is 11.5. The molecule has 0 aliphatic heterocycles. The zero-order chi connectivity index (χ0) is 27.4. The summed E-state index contributed by atoms with van der Waals surface area (Å²) in [7, 11) is 7.33. The molecule has 2 amide bonds. The lowest BCUT2D eigenvalue weighted by atomic mass is 10.1. The molecule has 0 fully saturated rings. The Hall–Kier alpha value is -2.56. The first-order valence-electron chi connectivity index (χ1n) is 13.1. The number of benzene rings is 1. The van der Waals surface area contributed by atoms with Gasteiger partial charge in [0.1, 0.15) is 10.8 Å². The summed E-state index contributed by atoms with van der Waals surface area (Å²) in [6, 6.07) is 13.3. The van der Waals surface area contributed by atoms with Crippen LogP contribution in [0.1, 0.15) is 57.4 Å². The summed E-state index contributed by atoms with van der Waals surface area (Å²) in [6.07, 6.45) is 7.84. The van der Waals surface area contributed by atoms with Crippen molar-refractivity contribution in [3.63, 3.8) is 0 Å². The van der Waals surface area contributed by atoms with Crippen LogP contribution in [0.25, 0.3) is 0 Å². The lowest BCUT2D eigenvalue weighted by Crippen LogP contribution is -2.24. The van der Waals surface area contributed by atoms with Crippen LogP contribution in [0.3, 0.4) is 0 Å². The minimum Gasteiger partial charge on any atom is -0.494 e. The van der Waals surface area contributed by atoms with Crippen LogP contribution in [0.15, 0.2) is 58.8 Å². The van der Waals surface area contributed by atoms with Gasteiger partial charge in [-0.05, 0) is 99.6 Å². The van der Waals surface area contributed by atoms with Gasteiger partial charge in [0.25, 0.3) is 0 Å². The molecule has 38 heavy (non-hydrogen) atoms. The fourth-order valence-corrected chi connectivity index (χ4v) is 5.21. The molecule has 208 valence electrons. The monoisotopic (exact) mass is 559 g/mol. The molecule has 0 radical (unpaired) electrons. The van der Waals surface area contributed by atoms with Crippen LogP contribution >= 0.6 is 21.6 Å². The zero-order valence-electron chi connectivity index (χ0n) is 22.8. The first-order chi connectivity index (χ1) is 18.4. The quantitative estimate of drug-likeness (QED) is 0.106. The van der Waals surface area contributed by atoms with E-state index in [2.05, 4.69) is 39.8 Å². The second-order valence-electron chi connectivity index (χ2n) is 9.10. The lowest BCUT2D eigenvalue weighted by Gasteiger charge is -2.09. The second kappa shape index (κ2) is 19.5. The highest BCUT2D eigenvalue weighted by atomic mass is 33.1. The van der Waals surface area contributed by atoms with E-state index in [1.807, 2.05) is 49.4 Å². The zero-order valence-corrected chi connectivity index (χ0v) is 24.4. The molecular weight excluding hydrogens is 518 g/mol. The van der Waals surface area contributed by atoms with Crippen LogP contribution in [-0.4, -0.2) is 67.0 Å². The Balaban J connectivity index is 1.54. The third kappa shape index (κ3) is 15.0. The Morgan fingerprint density at radius 3 is 2.50 bits per heavy atom. The number of rotatable bonds is 19. The van der Waals surface area contributed by atoms with Crippen molar-refractivity contribution in [2.24, 2.45) is 5.10 Å². The molecule has 0 spiro atoms. The van der Waals surface area contributed by atoms with Gasteiger partial charge in [-0.1, -0.05) is 29.7 Å². The van der Waals surface area contributed by atoms with E-state index in [9.17, 15) is 9.59 Å².